The Morgan fingerprint density at radius 2 is 2.12 bits per heavy atom. The first kappa shape index (κ1) is 11.2. The van der Waals surface area contributed by atoms with E-state index >= 15 is 0 Å². The lowest BCUT2D eigenvalue weighted by molar-refractivity contribution is 0.0472. The number of nitrogen functional groups attached to an aromatic ring is 1. The van der Waals surface area contributed by atoms with Crippen LogP contribution in [0.5, 0.6) is 0 Å². The average Bonchev–Trinajstić information content (AvgIpc) is 2.73. The fraction of sp³-hybridized carbons (Fsp3) is 0.167. The Morgan fingerprint density at radius 1 is 1.41 bits per heavy atom. The number of nitrogens with two attached hydrogens (primary N) is 1. The van der Waals surface area contributed by atoms with Crippen LogP contribution in [0, 0.1) is 0 Å². The summed E-state index contributed by atoms with van der Waals surface area (Å²) < 4.78 is 6.79. The van der Waals surface area contributed by atoms with Gasteiger partial charge in [-0.15, -0.1) is 0 Å². The second kappa shape index (κ2) is 4.69. The second-order valence-electron chi connectivity index (χ2n) is 3.72. The van der Waals surface area contributed by atoms with E-state index in [0.29, 0.717) is 11.3 Å². The minimum atomic E-state index is -0.367. The van der Waals surface area contributed by atoms with Crippen LogP contribution in [0.1, 0.15) is 15.9 Å². The van der Waals surface area contributed by atoms with Crippen molar-refractivity contribution in [3.8, 4) is 0 Å². The van der Waals surface area contributed by atoms with Crippen LogP contribution in [0.15, 0.2) is 36.7 Å². The molecule has 2 rings (SSSR count). The number of carbonyl (C=O) groups excluding carboxylic acids is 1. The third-order valence-corrected chi connectivity index (χ3v) is 2.27. The number of benzene rings is 1. The van der Waals surface area contributed by atoms with Gasteiger partial charge in [0.05, 0.1) is 11.8 Å². The number of esters is 1. The van der Waals surface area contributed by atoms with E-state index in [2.05, 4.69) is 5.10 Å². The molecule has 0 aliphatic heterocycles. The van der Waals surface area contributed by atoms with Crippen molar-refractivity contribution in [3.05, 3.63) is 47.8 Å². The van der Waals surface area contributed by atoms with Gasteiger partial charge >= 0.3 is 5.97 Å². The van der Waals surface area contributed by atoms with Crippen molar-refractivity contribution >= 4 is 11.7 Å². The molecule has 5 nitrogen and oxygen atoms in total. The summed E-state index contributed by atoms with van der Waals surface area (Å²) in [6.45, 7) is 0.219. The molecule has 88 valence electrons. The fourth-order valence-electron chi connectivity index (χ4n) is 1.40. The van der Waals surface area contributed by atoms with Crippen LogP contribution < -0.4 is 5.73 Å². The van der Waals surface area contributed by atoms with Crippen LogP contribution in [0.4, 0.5) is 5.69 Å². The van der Waals surface area contributed by atoms with Gasteiger partial charge in [-0.2, -0.15) is 5.10 Å². The van der Waals surface area contributed by atoms with Crippen molar-refractivity contribution < 1.29 is 9.53 Å². The summed E-state index contributed by atoms with van der Waals surface area (Å²) in [5, 5.41) is 3.99. The molecule has 0 bridgehead atoms. The SMILES string of the molecule is Cn1cc(COC(=O)c2ccc(N)cc2)cn1. The van der Waals surface area contributed by atoms with E-state index in [1.807, 2.05) is 7.05 Å². The highest BCUT2D eigenvalue weighted by molar-refractivity contribution is 5.89. The molecule has 0 aliphatic carbocycles. The molecule has 0 radical (unpaired) electrons. The smallest absolute Gasteiger partial charge is 0.338 e. The van der Waals surface area contributed by atoms with Gasteiger partial charge in [0.1, 0.15) is 6.61 Å². The number of hydrogen-bond donors (Lipinski definition) is 1. The predicted molar refractivity (Wildman–Crippen MR) is 63.2 cm³/mol. The first-order chi connectivity index (χ1) is 8.15. The predicted octanol–water partition coefficient (Wildman–Crippen LogP) is 1.36. The highest BCUT2D eigenvalue weighted by Gasteiger charge is 2.07. The molecule has 0 saturated carbocycles. The highest BCUT2D eigenvalue weighted by atomic mass is 16.5. The molecule has 0 unspecified atom stereocenters. The van der Waals surface area contributed by atoms with E-state index in [4.69, 9.17) is 10.5 Å². The first-order valence-corrected chi connectivity index (χ1v) is 5.15. The van der Waals surface area contributed by atoms with Crippen molar-refractivity contribution in [3.63, 3.8) is 0 Å². The van der Waals surface area contributed by atoms with Gasteiger partial charge in [-0.3, -0.25) is 4.68 Å². The third-order valence-electron chi connectivity index (χ3n) is 2.27. The molecular weight excluding hydrogens is 218 g/mol. The molecule has 2 aromatic rings. The Morgan fingerprint density at radius 3 is 2.71 bits per heavy atom. The number of aryl methyl sites for hydroxylation is 1. The van der Waals surface area contributed by atoms with Gasteiger partial charge in [0.25, 0.3) is 0 Å². The summed E-state index contributed by atoms with van der Waals surface area (Å²) >= 11 is 0. The summed E-state index contributed by atoms with van der Waals surface area (Å²) in [5.74, 6) is -0.367. The van der Waals surface area contributed by atoms with E-state index in [0.717, 1.165) is 5.56 Å². The summed E-state index contributed by atoms with van der Waals surface area (Å²) in [4.78, 5) is 11.6. The first-order valence-electron chi connectivity index (χ1n) is 5.15. The lowest BCUT2D eigenvalue weighted by Crippen LogP contribution is -2.04. The number of hydrogen-bond acceptors (Lipinski definition) is 4. The van der Waals surface area contributed by atoms with Gasteiger partial charge in [0.15, 0.2) is 0 Å². The van der Waals surface area contributed by atoms with Crippen molar-refractivity contribution in [1.29, 1.82) is 0 Å². The Hall–Kier alpha value is -2.30. The maximum atomic E-state index is 11.6. The van der Waals surface area contributed by atoms with E-state index in [1.165, 1.54) is 0 Å². The quantitative estimate of drug-likeness (QED) is 0.639. The molecule has 1 heterocycles. The topological polar surface area (TPSA) is 70.1 Å². The largest absolute Gasteiger partial charge is 0.457 e. The van der Waals surface area contributed by atoms with Crippen LogP contribution in [0.3, 0.4) is 0 Å². The minimum absolute atomic E-state index is 0.219. The van der Waals surface area contributed by atoms with Crippen molar-refractivity contribution in [2.45, 2.75) is 6.61 Å². The number of ether oxygens (including phenoxy) is 1. The van der Waals surface area contributed by atoms with Gasteiger partial charge < -0.3 is 10.5 Å². The number of aromatic nitrogens is 2. The molecule has 17 heavy (non-hydrogen) atoms. The van der Waals surface area contributed by atoms with E-state index in [1.54, 1.807) is 41.3 Å². The van der Waals surface area contributed by atoms with Crippen LogP contribution in [0.2, 0.25) is 0 Å². The molecule has 0 spiro atoms. The van der Waals surface area contributed by atoms with Crippen LogP contribution in [0.25, 0.3) is 0 Å². The lowest BCUT2D eigenvalue weighted by Gasteiger charge is -2.03. The van der Waals surface area contributed by atoms with Crippen molar-refractivity contribution in [2.24, 2.45) is 7.05 Å². The van der Waals surface area contributed by atoms with Crippen LogP contribution >= 0.6 is 0 Å². The monoisotopic (exact) mass is 231 g/mol. The van der Waals surface area contributed by atoms with Crippen LogP contribution in [-0.4, -0.2) is 15.7 Å². The molecule has 1 aromatic carbocycles. The van der Waals surface area contributed by atoms with E-state index in [-0.39, 0.29) is 12.6 Å². The molecule has 0 saturated heterocycles. The standard InChI is InChI=1S/C12H13N3O2/c1-15-7-9(6-14-15)8-17-12(16)10-2-4-11(13)5-3-10/h2-7H,8,13H2,1H3. The zero-order chi connectivity index (χ0) is 12.3. The fourth-order valence-corrected chi connectivity index (χ4v) is 1.40. The average molecular weight is 231 g/mol. The molecule has 0 fully saturated rings. The summed E-state index contributed by atoms with van der Waals surface area (Å²) in [6, 6.07) is 6.61. The second-order valence-corrected chi connectivity index (χ2v) is 3.72. The van der Waals surface area contributed by atoms with E-state index in [9.17, 15) is 4.79 Å². The highest BCUT2D eigenvalue weighted by Crippen LogP contribution is 2.08. The zero-order valence-electron chi connectivity index (χ0n) is 9.46. The summed E-state index contributed by atoms with van der Waals surface area (Å²) in [6.07, 6.45) is 3.46. The molecular formula is C12H13N3O2. The van der Waals surface area contributed by atoms with Gasteiger partial charge in [-0.25, -0.2) is 4.79 Å². The Balaban J connectivity index is 1.95. The normalized spacial score (nSPS) is 10.2. The number of nitrogens with zero attached hydrogens (tertiary/aromatic N) is 2. The van der Waals surface area contributed by atoms with Crippen molar-refractivity contribution in [2.75, 3.05) is 5.73 Å². The molecule has 1 aromatic heterocycles. The van der Waals surface area contributed by atoms with Gasteiger partial charge in [-0.05, 0) is 24.3 Å². The number of anilines is 1. The Bertz CT molecular complexity index is 517. The maximum Gasteiger partial charge on any atom is 0.338 e. The molecule has 0 aliphatic rings. The Labute approximate surface area is 98.8 Å². The lowest BCUT2D eigenvalue weighted by atomic mass is 10.2. The number of carbonyl (C=O) groups is 1. The van der Waals surface area contributed by atoms with Gasteiger partial charge in [-0.1, -0.05) is 0 Å². The summed E-state index contributed by atoms with van der Waals surface area (Å²) in [7, 11) is 1.81. The third kappa shape index (κ3) is 2.84. The number of rotatable bonds is 3. The summed E-state index contributed by atoms with van der Waals surface area (Å²) in [5.41, 5.74) is 7.50. The van der Waals surface area contributed by atoms with Gasteiger partial charge in [0, 0.05) is 24.5 Å². The van der Waals surface area contributed by atoms with E-state index < -0.39 is 0 Å². The Kier molecular flexibility index (Phi) is 3.09. The molecule has 0 atom stereocenters. The van der Waals surface area contributed by atoms with Gasteiger partial charge in [0.2, 0.25) is 0 Å². The zero-order valence-corrected chi connectivity index (χ0v) is 9.46. The molecule has 2 N–H and O–H groups in total. The minimum Gasteiger partial charge on any atom is -0.457 e. The molecule has 0 amide bonds. The molecule has 5 heteroatoms. The van der Waals surface area contributed by atoms with Crippen LogP contribution in [-0.2, 0) is 18.4 Å². The van der Waals surface area contributed by atoms with Crippen molar-refractivity contribution in [1.82, 2.24) is 9.78 Å². The maximum absolute atomic E-state index is 11.6.